The number of carbonyl (C=O) groups is 2. The van der Waals surface area contributed by atoms with Gasteiger partial charge < -0.3 is 10.6 Å². The van der Waals surface area contributed by atoms with Crippen molar-refractivity contribution in [3.63, 3.8) is 0 Å². The molecule has 1 aliphatic carbocycles. The summed E-state index contributed by atoms with van der Waals surface area (Å²) in [6.45, 7) is 5.75. The summed E-state index contributed by atoms with van der Waals surface area (Å²) in [5.41, 5.74) is 0.590. The lowest BCUT2D eigenvalue weighted by Gasteiger charge is -2.19. The third-order valence-corrected chi connectivity index (χ3v) is 4.65. The summed E-state index contributed by atoms with van der Waals surface area (Å²) in [5, 5.41) is 6.04. The summed E-state index contributed by atoms with van der Waals surface area (Å²) in [4.78, 5) is 29.9. The van der Waals surface area contributed by atoms with E-state index in [1.165, 1.54) is 12.8 Å². The maximum atomic E-state index is 12.8. The summed E-state index contributed by atoms with van der Waals surface area (Å²) in [6.07, 6.45) is 8.54. The molecule has 0 aromatic carbocycles. The molecule has 2 N–H and O–H groups in total. The minimum atomic E-state index is -0.375. The molecule has 2 aromatic rings. The average molecular weight is 356 g/mol. The van der Waals surface area contributed by atoms with Crippen molar-refractivity contribution in [3.05, 3.63) is 35.9 Å². The zero-order chi connectivity index (χ0) is 18.7. The normalized spacial score (nSPS) is 16.3. The van der Waals surface area contributed by atoms with Crippen molar-refractivity contribution >= 4 is 17.3 Å². The second-order valence-electron chi connectivity index (χ2n) is 8.11. The van der Waals surface area contributed by atoms with Gasteiger partial charge in [0.2, 0.25) is 5.82 Å². The lowest BCUT2D eigenvalue weighted by atomic mass is 10.1. The van der Waals surface area contributed by atoms with Crippen molar-refractivity contribution in [2.75, 3.05) is 0 Å². The Bertz CT molecular complexity index is 796. The lowest BCUT2D eigenvalue weighted by molar-refractivity contribution is 0.0908. The molecule has 26 heavy (non-hydrogen) atoms. The second kappa shape index (κ2) is 7.48. The van der Waals surface area contributed by atoms with Crippen LogP contribution >= 0.6 is 0 Å². The Morgan fingerprint density at radius 1 is 1.08 bits per heavy atom. The molecule has 2 amide bonds. The van der Waals surface area contributed by atoms with Gasteiger partial charge in [0, 0.05) is 17.8 Å². The third-order valence-electron chi connectivity index (χ3n) is 4.65. The van der Waals surface area contributed by atoms with Crippen molar-refractivity contribution < 1.29 is 9.59 Å². The number of fused-ring (bicyclic) bond motifs is 1. The molecular weight excluding hydrogens is 328 g/mol. The Kier molecular flexibility index (Phi) is 5.30. The van der Waals surface area contributed by atoms with Crippen LogP contribution in [0.2, 0.25) is 0 Å². The fourth-order valence-corrected chi connectivity index (χ4v) is 3.44. The number of hydrogen-bond donors (Lipinski definition) is 2. The number of nitrogens with one attached hydrogen (secondary N) is 2. The van der Waals surface area contributed by atoms with Gasteiger partial charge in [-0.25, -0.2) is 4.98 Å². The molecule has 0 atom stereocenters. The van der Waals surface area contributed by atoms with Crippen LogP contribution in [-0.2, 0) is 0 Å². The van der Waals surface area contributed by atoms with E-state index in [4.69, 9.17) is 0 Å². The molecule has 1 aliphatic rings. The van der Waals surface area contributed by atoms with E-state index >= 15 is 0 Å². The van der Waals surface area contributed by atoms with Gasteiger partial charge in [-0.2, -0.15) is 0 Å². The molecule has 6 heteroatoms. The maximum absolute atomic E-state index is 12.8. The largest absolute Gasteiger partial charge is 0.348 e. The van der Waals surface area contributed by atoms with Crippen molar-refractivity contribution in [2.24, 2.45) is 0 Å². The molecule has 6 nitrogen and oxygen atoms in total. The van der Waals surface area contributed by atoms with Crippen LogP contribution in [0.3, 0.4) is 0 Å². The molecule has 0 aliphatic heterocycles. The van der Waals surface area contributed by atoms with Crippen LogP contribution in [0.15, 0.2) is 24.4 Å². The summed E-state index contributed by atoms with van der Waals surface area (Å²) in [5.74, 6) is -0.246. The Hall–Kier alpha value is -2.37. The SMILES string of the molecule is CC(C)(C)NC(=O)c1nc(C(=O)NC2CCCCCC2)c2ccccn12. The van der Waals surface area contributed by atoms with Gasteiger partial charge >= 0.3 is 0 Å². The number of nitrogens with zero attached hydrogens (tertiary/aromatic N) is 2. The molecule has 2 aromatic heterocycles. The fourth-order valence-electron chi connectivity index (χ4n) is 3.44. The quantitative estimate of drug-likeness (QED) is 0.829. The van der Waals surface area contributed by atoms with E-state index in [1.807, 2.05) is 39.0 Å². The average Bonchev–Trinajstić information content (AvgIpc) is 2.77. The highest BCUT2D eigenvalue weighted by Gasteiger charge is 2.25. The number of rotatable bonds is 3. The van der Waals surface area contributed by atoms with Crippen molar-refractivity contribution in [1.29, 1.82) is 0 Å². The number of imidazole rings is 1. The highest BCUT2D eigenvalue weighted by atomic mass is 16.2. The number of carbonyl (C=O) groups excluding carboxylic acids is 2. The number of aromatic nitrogens is 2. The molecule has 0 radical (unpaired) electrons. The van der Waals surface area contributed by atoms with E-state index in [2.05, 4.69) is 15.6 Å². The van der Waals surface area contributed by atoms with Gasteiger partial charge in [0.15, 0.2) is 5.69 Å². The van der Waals surface area contributed by atoms with E-state index in [0.29, 0.717) is 11.2 Å². The van der Waals surface area contributed by atoms with Gasteiger partial charge in [-0.05, 0) is 45.7 Å². The summed E-state index contributed by atoms with van der Waals surface area (Å²) in [6, 6.07) is 5.70. The first-order valence-corrected chi connectivity index (χ1v) is 9.45. The topological polar surface area (TPSA) is 75.5 Å². The van der Waals surface area contributed by atoms with Gasteiger partial charge in [0.25, 0.3) is 11.8 Å². The Labute approximate surface area is 154 Å². The van der Waals surface area contributed by atoms with Gasteiger partial charge in [-0.3, -0.25) is 14.0 Å². The minimum Gasteiger partial charge on any atom is -0.348 e. The van der Waals surface area contributed by atoms with Gasteiger partial charge in [-0.15, -0.1) is 0 Å². The number of pyridine rings is 1. The molecule has 1 fully saturated rings. The monoisotopic (exact) mass is 356 g/mol. The van der Waals surface area contributed by atoms with Crippen molar-refractivity contribution in [3.8, 4) is 0 Å². The van der Waals surface area contributed by atoms with Gasteiger partial charge in [0.05, 0.1) is 5.52 Å². The predicted molar refractivity (Wildman–Crippen MR) is 101 cm³/mol. The number of hydrogen-bond acceptors (Lipinski definition) is 3. The highest BCUT2D eigenvalue weighted by Crippen LogP contribution is 2.19. The molecule has 0 bridgehead atoms. The molecule has 1 saturated carbocycles. The summed E-state index contributed by atoms with van der Waals surface area (Å²) >= 11 is 0. The van der Waals surface area contributed by atoms with Crippen molar-refractivity contribution in [1.82, 2.24) is 20.0 Å². The van der Waals surface area contributed by atoms with E-state index < -0.39 is 0 Å². The first kappa shape index (κ1) is 18.4. The van der Waals surface area contributed by atoms with E-state index in [9.17, 15) is 9.59 Å². The van der Waals surface area contributed by atoms with E-state index in [0.717, 1.165) is 25.7 Å². The maximum Gasteiger partial charge on any atom is 0.288 e. The van der Waals surface area contributed by atoms with Crippen LogP contribution in [0.4, 0.5) is 0 Å². The lowest BCUT2D eigenvalue weighted by Crippen LogP contribution is -2.41. The number of amides is 2. The molecule has 0 saturated heterocycles. The van der Waals surface area contributed by atoms with Gasteiger partial charge in [-0.1, -0.05) is 31.7 Å². The summed E-state index contributed by atoms with van der Waals surface area (Å²) < 4.78 is 1.68. The van der Waals surface area contributed by atoms with E-state index in [-0.39, 0.29) is 29.2 Å². The Morgan fingerprint density at radius 2 is 1.77 bits per heavy atom. The molecule has 0 unspecified atom stereocenters. The summed E-state index contributed by atoms with van der Waals surface area (Å²) in [7, 11) is 0. The highest BCUT2D eigenvalue weighted by molar-refractivity contribution is 6.02. The van der Waals surface area contributed by atoms with Crippen LogP contribution in [0.1, 0.15) is 80.4 Å². The van der Waals surface area contributed by atoms with Crippen LogP contribution in [0.5, 0.6) is 0 Å². The van der Waals surface area contributed by atoms with Crippen LogP contribution < -0.4 is 10.6 Å². The zero-order valence-corrected chi connectivity index (χ0v) is 15.8. The standard InChI is InChI=1S/C20H28N4O2/c1-20(2,3)23-19(26)17-22-16(15-12-8-9-13-24(15)17)18(25)21-14-10-6-4-5-7-11-14/h8-9,12-14H,4-7,10-11H2,1-3H3,(H,21,25)(H,23,26). The predicted octanol–water partition coefficient (Wildman–Crippen LogP) is 3.32. The van der Waals surface area contributed by atoms with Crippen LogP contribution in [-0.4, -0.2) is 32.8 Å². The first-order valence-electron chi connectivity index (χ1n) is 9.45. The Morgan fingerprint density at radius 3 is 2.42 bits per heavy atom. The van der Waals surface area contributed by atoms with E-state index in [1.54, 1.807) is 10.6 Å². The third kappa shape index (κ3) is 4.23. The molecule has 2 heterocycles. The molecule has 3 rings (SSSR count). The Balaban J connectivity index is 1.88. The fraction of sp³-hybridized carbons (Fsp3) is 0.550. The zero-order valence-electron chi connectivity index (χ0n) is 15.8. The smallest absolute Gasteiger partial charge is 0.288 e. The van der Waals surface area contributed by atoms with Gasteiger partial charge in [0.1, 0.15) is 0 Å². The second-order valence-corrected chi connectivity index (χ2v) is 8.11. The minimum absolute atomic E-state index is 0.192. The first-order chi connectivity index (χ1) is 12.3. The van der Waals surface area contributed by atoms with Crippen molar-refractivity contribution in [2.45, 2.75) is 70.9 Å². The van der Waals surface area contributed by atoms with Crippen LogP contribution in [0.25, 0.3) is 5.52 Å². The molecular formula is C20H28N4O2. The molecule has 140 valence electrons. The molecule has 0 spiro atoms. The van der Waals surface area contributed by atoms with Crippen LogP contribution in [0, 0.1) is 0 Å².